The Hall–Kier alpha value is -1.40. The Morgan fingerprint density at radius 3 is 2.88 bits per heavy atom. The molecule has 6 heteroatoms. The maximum absolute atomic E-state index is 12.9. The van der Waals surface area contributed by atoms with Crippen LogP contribution in [0, 0.1) is 0 Å². The van der Waals surface area contributed by atoms with Crippen LogP contribution in [0.15, 0.2) is 11.4 Å². The minimum Gasteiger partial charge on any atom is -0.344 e. The molecule has 0 radical (unpaired) electrons. The first kappa shape index (κ1) is 19.9. The van der Waals surface area contributed by atoms with E-state index in [1.54, 1.807) is 11.3 Å². The second-order valence-electron chi connectivity index (χ2n) is 6.74. The van der Waals surface area contributed by atoms with Crippen molar-refractivity contribution in [3.05, 3.63) is 21.9 Å². The summed E-state index contributed by atoms with van der Waals surface area (Å²) in [7, 11) is 0. The molecule has 2 heterocycles. The SMILES string of the molecule is CCCC(NC(=O)CCCCCCN)C(=O)N1CCc2sccc2C1. The number of carbonyl (C=O) groups is 2. The number of nitrogens with zero attached hydrogens (tertiary/aromatic N) is 1. The largest absolute Gasteiger partial charge is 0.344 e. The van der Waals surface area contributed by atoms with Gasteiger partial charge in [-0.25, -0.2) is 0 Å². The van der Waals surface area contributed by atoms with Crippen LogP contribution in [0.3, 0.4) is 0 Å². The number of rotatable bonds is 10. The van der Waals surface area contributed by atoms with Gasteiger partial charge in [-0.15, -0.1) is 11.3 Å². The third-order valence-electron chi connectivity index (χ3n) is 4.69. The van der Waals surface area contributed by atoms with Crippen LogP contribution < -0.4 is 11.1 Å². The molecule has 1 aliphatic rings. The first-order valence-corrected chi connectivity index (χ1v) is 10.4. The summed E-state index contributed by atoms with van der Waals surface area (Å²) >= 11 is 1.77. The lowest BCUT2D eigenvalue weighted by Crippen LogP contribution is -2.49. The summed E-state index contributed by atoms with van der Waals surface area (Å²) < 4.78 is 0. The zero-order chi connectivity index (χ0) is 18.1. The molecule has 0 bridgehead atoms. The molecule has 25 heavy (non-hydrogen) atoms. The Balaban J connectivity index is 1.82. The lowest BCUT2D eigenvalue weighted by Gasteiger charge is -2.31. The molecule has 2 rings (SSSR count). The Kier molecular flexibility index (Phi) is 8.41. The highest BCUT2D eigenvalue weighted by molar-refractivity contribution is 7.10. The van der Waals surface area contributed by atoms with E-state index in [-0.39, 0.29) is 17.9 Å². The fourth-order valence-corrected chi connectivity index (χ4v) is 4.14. The molecule has 0 saturated heterocycles. The smallest absolute Gasteiger partial charge is 0.245 e. The number of nitrogens with two attached hydrogens (primary N) is 1. The van der Waals surface area contributed by atoms with Crippen LogP contribution >= 0.6 is 11.3 Å². The molecule has 0 saturated carbocycles. The number of nitrogens with one attached hydrogen (secondary N) is 1. The van der Waals surface area contributed by atoms with E-state index in [0.717, 1.165) is 45.1 Å². The first-order chi connectivity index (χ1) is 12.2. The topological polar surface area (TPSA) is 75.4 Å². The Bertz CT molecular complexity index is 559. The summed E-state index contributed by atoms with van der Waals surface area (Å²) in [5.74, 6) is 0.0583. The number of amides is 2. The molecule has 1 aromatic rings. The van der Waals surface area contributed by atoms with Gasteiger partial charge in [0.15, 0.2) is 0 Å². The standard InChI is InChI=1S/C19H31N3O2S/c1-2-7-16(21-18(23)8-5-3-4-6-11-20)19(24)22-12-9-17-15(14-22)10-13-25-17/h10,13,16H,2-9,11-12,14,20H2,1H3,(H,21,23). The van der Waals surface area contributed by atoms with Crippen LogP contribution in [0.2, 0.25) is 0 Å². The number of carbonyl (C=O) groups excluding carboxylic acids is 2. The number of fused-ring (bicyclic) bond motifs is 1. The van der Waals surface area contributed by atoms with Crippen molar-refractivity contribution in [2.45, 2.75) is 70.9 Å². The molecule has 1 unspecified atom stereocenters. The summed E-state index contributed by atoms with van der Waals surface area (Å²) in [6, 6.07) is 1.72. The quantitative estimate of drug-likeness (QED) is 0.626. The zero-order valence-corrected chi connectivity index (χ0v) is 16.1. The van der Waals surface area contributed by atoms with Crippen LogP contribution in [-0.4, -0.2) is 35.8 Å². The second kappa shape index (κ2) is 10.6. The van der Waals surface area contributed by atoms with Gasteiger partial charge in [0.2, 0.25) is 11.8 Å². The monoisotopic (exact) mass is 365 g/mol. The molecule has 1 atom stereocenters. The van der Waals surface area contributed by atoms with E-state index in [0.29, 0.717) is 25.9 Å². The summed E-state index contributed by atoms with van der Waals surface area (Å²) in [5.41, 5.74) is 6.73. The maximum Gasteiger partial charge on any atom is 0.245 e. The zero-order valence-electron chi connectivity index (χ0n) is 15.3. The van der Waals surface area contributed by atoms with Crippen LogP contribution in [0.5, 0.6) is 0 Å². The van der Waals surface area contributed by atoms with Crippen LogP contribution in [-0.2, 0) is 22.6 Å². The van der Waals surface area contributed by atoms with Gasteiger partial charge in [0, 0.05) is 24.4 Å². The van der Waals surface area contributed by atoms with Crippen LogP contribution in [0.1, 0.15) is 62.3 Å². The van der Waals surface area contributed by atoms with Crippen molar-refractivity contribution in [2.75, 3.05) is 13.1 Å². The summed E-state index contributed by atoms with van der Waals surface area (Å²) in [4.78, 5) is 28.4. The molecular weight excluding hydrogens is 334 g/mol. The molecule has 140 valence electrons. The van der Waals surface area contributed by atoms with Gasteiger partial charge in [0.1, 0.15) is 6.04 Å². The van der Waals surface area contributed by atoms with Crippen molar-refractivity contribution in [1.82, 2.24) is 10.2 Å². The molecule has 0 aromatic carbocycles. The average Bonchev–Trinajstić information content (AvgIpc) is 3.08. The van der Waals surface area contributed by atoms with Gasteiger partial charge in [-0.3, -0.25) is 9.59 Å². The fraction of sp³-hybridized carbons (Fsp3) is 0.684. The number of hydrogen-bond acceptors (Lipinski definition) is 4. The summed E-state index contributed by atoms with van der Waals surface area (Å²) in [5, 5.41) is 5.06. The van der Waals surface area contributed by atoms with Crippen molar-refractivity contribution < 1.29 is 9.59 Å². The molecule has 1 aromatic heterocycles. The van der Waals surface area contributed by atoms with Crippen LogP contribution in [0.25, 0.3) is 0 Å². The first-order valence-electron chi connectivity index (χ1n) is 9.49. The van der Waals surface area contributed by atoms with E-state index in [1.165, 1.54) is 10.4 Å². The van der Waals surface area contributed by atoms with Gasteiger partial charge in [-0.1, -0.05) is 26.2 Å². The predicted molar refractivity (Wildman–Crippen MR) is 102 cm³/mol. The van der Waals surface area contributed by atoms with E-state index < -0.39 is 0 Å². The number of unbranched alkanes of at least 4 members (excludes halogenated alkanes) is 3. The summed E-state index contributed by atoms with van der Waals surface area (Å²) in [6.45, 7) is 4.18. The maximum atomic E-state index is 12.9. The lowest BCUT2D eigenvalue weighted by atomic mass is 10.1. The highest BCUT2D eigenvalue weighted by Gasteiger charge is 2.28. The van der Waals surface area contributed by atoms with E-state index >= 15 is 0 Å². The highest BCUT2D eigenvalue weighted by Crippen LogP contribution is 2.24. The highest BCUT2D eigenvalue weighted by atomic mass is 32.1. The minimum atomic E-state index is -0.387. The number of hydrogen-bond donors (Lipinski definition) is 2. The predicted octanol–water partition coefficient (Wildman–Crippen LogP) is 2.83. The number of thiophene rings is 1. The van der Waals surface area contributed by atoms with Crippen LogP contribution in [0.4, 0.5) is 0 Å². The van der Waals surface area contributed by atoms with Crippen molar-refractivity contribution in [3.63, 3.8) is 0 Å². The van der Waals surface area contributed by atoms with Crippen molar-refractivity contribution in [1.29, 1.82) is 0 Å². The van der Waals surface area contributed by atoms with Gasteiger partial charge < -0.3 is 16.0 Å². The third-order valence-corrected chi connectivity index (χ3v) is 5.71. The van der Waals surface area contributed by atoms with Gasteiger partial charge in [0.05, 0.1) is 0 Å². The minimum absolute atomic E-state index is 0.00668. The molecule has 2 amide bonds. The van der Waals surface area contributed by atoms with Crippen molar-refractivity contribution >= 4 is 23.2 Å². The average molecular weight is 366 g/mol. The molecule has 5 nitrogen and oxygen atoms in total. The van der Waals surface area contributed by atoms with Gasteiger partial charge >= 0.3 is 0 Å². The lowest BCUT2D eigenvalue weighted by molar-refractivity contribution is -0.137. The fourth-order valence-electron chi connectivity index (χ4n) is 3.25. The second-order valence-corrected chi connectivity index (χ2v) is 7.74. The molecule has 0 aliphatic carbocycles. The van der Waals surface area contributed by atoms with E-state index in [4.69, 9.17) is 5.73 Å². The van der Waals surface area contributed by atoms with Crippen molar-refractivity contribution in [2.24, 2.45) is 5.73 Å². The van der Waals surface area contributed by atoms with E-state index in [9.17, 15) is 9.59 Å². The third kappa shape index (κ3) is 6.12. The molecule has 1 aliphatic heterocycles. The molecular formula is C19H31N3O2S. The Morgan fingerprint density at radius 2 is 2.12 bits per heavy atom. The molecule has 3 N–H and O–H groups in total. The Labute approximate surface area is 155 Å². The van der Waals surface area contributed by atoms with E-state index in [2.05, 4.69) is 16.8 Å². The molecule has 0 spiro atoms. The van der Waals surface area contributed by atoms with Crippen molar-refractivity contribution in [3.8, 4) is 0 Å². The molecule has 0 fully saturated rings. The summed E-state index contributed by atoms with van der Waals surface area (Å²) in [6.07, 6.45) is 6.95. The van der Waals surface area contributed by atoms with Gasteiger partial charge in [0.25, 0.3) is 0 Å². The van der Waals surface area contributed by atoms with Gasteiger partial charge in [-0.05, 0) is 49.2 Å². The van der Waals surface area contributed by atoms with E-state index in [1.807, 2.05) is 11.8 Å². The normalized spacial score (nSPS) is 14.9. The Morgan fingerprint density at radius 1 is 1.32 bits per heavy atom. The van der Waals surface area contributed by atoms with Gasteiger partial charge in [-0.2, -0.15) is 0 Å².